The van der Waals surface area contributed by atoms with E-state index in [2.05, 4.69) is 5.32 Å². The minimum atomic E-state index is -1.31. The van der Waals surface area contributed by atoms with E-state index >= 15 is 0 Å². The van der Waals surface area contributed by atoms with Gasteiger partial charge in [-0.2, -0.15) is 0 Å². The number of carbonyl (C=O) groups excluding carboxylic acids is 1. The first kappa shape index (κ1) is 15.0. The van der Waals surface area contributed by atoms with Crippen molar-refractivity contribution in [2.24, 2.45) is 0 Å². The zero-order chi connectivity index (χ0) is 14.4. The second-order valence-electron chi connectivity index (χ2n) is 4.24. The minimum absolute atomic E-state index is 0.0328. The zero-order valence-electron chi connectivity index (χ0n) is 10.8. The van der Waals surface area contributed by atoms with Gasteiger partial charge in [0.1, 0.15) is 5.75 Å². The van der Waals surface area contributed by atoms with Gasteiger partial charge in [0.15, 0.2) is 6.04 Å². The maximum atomic E-state index is 11.7. The number of aliphatic hydroxyl groups is 1. The van der Waals surface area contributed by atoms with Crippen molar-refractivity contribution in [3.8, 4) is 5.75 Å². The molecule has 6 heteroatoms. The minimum Gasteiger partial charge on any atom is -0.491 e. The fourth-order valence-electron chi connectivity index (χ4n) is 1.38. The number of rotatable bonds is 6. The zero-order valence-corrected chi connectivity index (χ0v) is 10.8. The highest BCUT2D eigenvalue weighted by molar-refractivity contribution is 5.96. The molecule has 6 nitrogen and oxygen atoms in total. The van der Waals surface area contributed by atoms with Crippen molar-refractivity contribution < 1.29 is 24.5 Å². The molecule has 0 fully saturated rings. The van der Waals surface area contributed by atoms with E-state index in [4.69, 9.17) is 14.9 Å². The third kappa shape index (κ3) is 4.59. The van der Waals surface area contributed by atoms with Gasteiger partial charge in [-0.1, -0.05) is 0 Å². The summed E-state index contributed by atoms with van der Waals surface area (Å²) in [6, 6.07) is 5.01. The standard InChI is InChI=1S/C13H17NO5/c1-8(2)19-10-5-3-9(4-6-10)12(16)14-11(7-15)13(17)18/h3-6,8,11,15H,7H2,1-2H3,(H,14,16)(H,17,18)/t11-/m1/s1. The number of amides is 1. The van der Waals surface area contributed by atoms with Gasteiger partial charge >= 0.3 is 5.97 Å². The van der Waals surface area contributed by atoms with E-state index in [0.29, 0.717) is 11.3 Å². The SMILES string of the molecule is CC(C)Oc1ccc(C(=O)N[C@H](CO)C(=O)O)cc1. The lowest BCUT2D eigenvalue weighted by Gasteiger charge is -2.12. The maximum absolute atomic E-state index is 11.7. The van der Waals surface area contributed by atoms with Crippen LogP contribution in [0, 0.1) is 0 Å². The van der Waals surface area contributed by atoms with Crippen LogP contribution in [0.3, 0.4) is 0 Å². The lowest BCUT2D eigenvalue weighted by atomic mass is 10.2. The molecule has 1 amide bonds. The van der Waals surface area contributed by atoms with Gasteiger partial charge in [0.2, 0.25) is 0 Å². The molecule has 0 saturated carbocycles. The van der Waals surface area contributed by atoms with Crippen LogP contribution in [0.2, 0.25) is 0 Å². The molecule has 0 heterocycles. The summed E-state index contributed by atoms with van der Waals surface area (Å²) >= 11 is 0. The molecule has 0 unspecified atom stereocenters. The van der Waals surface area contributed by atoms with Crippen LogP contribution in [0.25, 0.3) is 0 Å². The van der Waals surface area contributed by atoms with Gasteiger partial charge in [-0.25, -0.2) is 4.79 Å². The number of nitrogens with one attached hydrogen (secondary N) is 1. The number of ether oxygens (including phenoxy) is 1. The number of hydrogen-bond donors (Lipinski definition) is 3. The lowest BCUT2D eigenvalue weighted by molar-refractivity contribution is -0.140. The number of aliphatic hydroxyl groups excluding tert-OH is 1. The van der Waals surface area contributed by atoms with Crippen molar-refractivity contribution in [2.75, 3.05) is 6.61 Å². The molecule has 3 N–H and O–H groups in total. The molecule has 0 aromatic heterocycles. The van der Waals surface area contributed by atoms with Crippen LogP contribution in [0.4, 0.5) is 0 Å². The molecule has 0 spiro atoms. The second kappa shape index (κ2) is 6.75. The number of hydrogen-bond acceptors (Lipinski definition) is 4. The smallest absolute Gasteiger partial charge is 0.328 e. The first-order chi connectivity index (χ1) is 8.93. The lowest BCUT2D eigenvalue weighted by Crippen LogP contribution is -2.43. The summed E-state index contributed by atoms with van der Waals surface area (Å²) in [5.74, 6) is -1.21. The number of aliphatic carboxylic acids is 1. The van der Waals surface area contributed by atoms with Crippen LogP contribution in [-0.4, -0.2) is 40.8 Å². The Kier molecular flexibility index (Phi) is 5.32. The molecule has 1 aromatic rings. The second-order valence-corrected chi connectivity index (χ2v) is 4.24. The summed E-state index contributed by atoms with van der Waals surface area (Å²) in [5, 5.41) is 19.8. The Morgan fingerprint density at radius 3 is 2.26 bits per heavy atom. The van der Waals surface area contributed by atoms with Gasteiger partial charge in [0, 0.05) is 5.56 Å². The Bertz CT molecular complexity index is 441. The molecule has 1 rings (SSSR count). The van der Waals surface area contributed by atoms with Crippen LogP contribution >= 0.6 is 0 Å². The molecular weight excluding hydrogens is 250 g/mol. The highest BCUT2D eigenvalue weighted by Gasteiger charge is 2.19. The Morgan fingerprint density at radius 1 is 1.26 bits per heavy atom. The third-order valence-corrected chi connectivity index (χ3v) is 2.27. The topological polar surface area (TPSA) is 95.9 Å². The fourth-order valence-corrected chi connectivity index (χ4v) is 1.38. The molecule has 1 aromatic carbocycles. The molecule has 19 heavy (non-hydrogen) atoms. The third-order valence-electron chi connectivity index (χ3n) is 2.27. The molecule has 0 bridgehead atoms. The van der Waals surface area contributed by atoms with Gasteiger partial charge in [-0.3, -0.25) is 4.79 Å². The highest BCUT2D eigenvalue weighted by Crippen LogP contribution is 2.13. The van der Waals surface area contributed by atoms with Crippen molar-refractivity contribution in [2.45, 2.75) is 26.0 Å². The predicted octanol–water partition coefficient (Wildman–Crippen LogP) is 0.649. The Balaban J connectivity index is 2.70. The van der Waals surface area contributed by atoms with E-state index in [1.54, 1.807) is 12.1 Å². The summed E-state index contributed by atoms with van der Waals surface area (Å²) in [6.45, 7) is 3.12. The van der Waals surface area contributed by atoms with Crippen molar-refractivity contribution in [1.29, 1.82) is 0 Å². The van der Waals surface area contributed by atoms with Crippen molar-refractivity contribution >= 4 is 11.9 Å². The highest BCUT2D eigenvalue weighted by atomic mass is 16.5. The van der Waals surface area contributed by atoms with Gasteiger partial charge in [0.25, 0.3) is 5.91 Å². The monoisotopic (exact) mass is 267 g/mol. The van der Waals surface area contributed by atoms with Crippen LogP contribution in [0.1, 0.15) is 24.2 Å². The molecular formula is C13H17NO5. The first-order valence-corrected chi connectivity index (χ1v) is 5.85. The average Bonchev–Trinajstić information content (AvgIpc) is 2.35. The normalized spacial score (nSPS) is 12.0. The summed E-state index contributed by atoms with van der Waals surface area (Å²) in [7, 11) is 0. The van der Waals surface area contributed by atoms with Crippen LogP contribution < -0.4 is 10.1 Å². The largest absolute Gasteiger partial charge is 0.491 e. The summed E-state index contributed by atoms with van der Waals surface area (Å²) in [4.78, 5) is 22.4. The van der Waals surface area contributed by atoms with E-state index in [1.807, 2.05) is 13.8 Å². The number of carboxylic acids is 1. The van der Waals surface area contributed by atoms with Gasteiger partial charge < -0.3 is 20.3 Å². The molecule has 104 valence electrons. The van der Waals surface area contributed by atoms with Gasteiger partial charge in [0.05, 0.1) is 12.7 Å². The van der Waals surface area contributed by atoms with Crippen molar-refractivity contribution in [3.05, 3.63) is 29.8 Å². The van der Waals surface area contributed by atoms with E-state index in [-0.39, 0.29) is 6.10 Å². The molecule has 1 atom stereocenters. The Hall–Kier alpha value is -2.08. The van der Waals surface area contributed by atoms with Crippen LogP contribution in [-0.2, 0) is 4.79 Å². The molecule has 0 aliphatic carbocycles. The molecule has 0 saturated heterocycles. The Labute approximate surface area is 111 Å². The maximum Gasteiger partial charge on any atom is 0.328 e. The first-order valence-electron chi connectivity index (χ1n) is 5.85. The predicted molar refractivity (Wildman–Crippen MR) is 68.2 cm³/mol. The quantitative estimate of drug-likeness (QED) is 0.703. The summed E-state index contributed by atoms with van der Waals surface area (Å²) in [6.07, 6.45) is 0.0328. The number of carboxylic acid groups (broad SMARTS) is 1. The number of carbonyl (C=O) groups is 2. The van der Waals surface area contributed by atoms with Gasteiger partial charge in [-0.05, 0) is 38.1 Å². The summed E-state index contributed by atoms with van der Waals surface area (Å²) in [5.41, 5.74) is 0.302. The van der Waals surface area contributed by atoms with Crippen LogP contribution in [0.15, 0.2) is 24.3 Å². The molecule has 0 aliphatic heterocycles. The van der Waals surface area contributed by atoms with E-state index in [1.165, 1.54) is 12.1 Å². The van der Waals surface area contributed by atoms with Gasteiger partial charge in [-0.15, -0.1) is 0 Å². The van der Waals surface area contributed by atoms with E-state index in [9.17, 15) is 9.59 Å². The summed E-state index contributed by atoms with van der Waals surface area (Å²) < 4.78 is 5.42. The van der Waals surface area contributed by atoms with E-state index < -0.39 is 24.5 Å². The van der Waals surface area contributed by atoms with Crippen molar-refractivity contribution in [3.63, 3.8) is 0 Å². The average molecular weight is 267 g/mol. The van der Waals surface area contributed by atoms with Crippen LogP contribution in [0.5, 0.6) is 5.75 Å². The molecule has 0 aliphatic rings. The van der Waals surface area contributed by atoms with E-state index in [0.717, 1.165) is 0 Å². The van der Waals surface area contributed by atoms with Crippen molar-refractivity contribution in [1.82, 2.24) is 5.32 Å². The molecule has 0 radical (unpaired) electrons. The number of benzene rings is 1. The Morgan fingerprint density at radius 2 is 1.84 bits per heavy atom. The fraction of sp³-hybridized carbons (Fsp3) is 0.385.